The molecule has 17 heavy (non-hydrogen) atoms. The molecule has 2 N–H and O–H groups in total. The fourth-order valence-electron chi connectivity index (χ4n) is 2.41. The van der Waals surface area contributed by atoms with Crippen LogP contribution in [0.1, 0.15) is 17.9 Å². The second kappa shape index (κ2) is 5.52. The van der Waals surface area contributed by atoms with Crippen LogP contribution in [0.25, 0.3) is 0 Å². The molecule has 0 spiro atoms. The number of piperidine rings is 1. The van der Waals surface area contributed by atoms with Crippen LogP contribution in [0, 0.1) is 0 Å². The van der Waals surface area contributed by atoms with Crippen molar-refractivity contribution in [3.8, 4) is 0 Å². The quantitative estimate of drug-likeness (QED) is 0.813. The zero-order valence-corrected chi connectivity index (χ0v) is 10.4. The Bertz CT molecular complexity index is 382. The number of carbonyl (C=O) groups is 1. The van der Waals surface area contributed by atoms with Crippen molar-refractivity contribution in [2.75, 3.05) is 19.0 Å². The van der Waals surface area contributed by atoms with Gasteiger partial charge < -0.3 is 10.6 Å². The lowest BCUT2D eigenvalue weighted by Crippen LogP contribution is -2.49. The van der Waals surface area contributed by atoms with Crippen LogP contribution in [-0.2, 0) is 4.79 Å². The third-order valence-corrected chi connectivity index (χ3v) is 3.58. The van der Waals surface area contributed by atoms with E-state index in [-0.39, 0.29) is 17.8 Å². The van der Waals surface area contributed by atoms with Gasteiger partial charge in [-0.2, -0.15) is 0 Å². The molecule has 1 heterocycles. The van der Waals surface area contributed by atoms with Gasteiger partial charge in [0.2, 0.25) is 5.91 Å². The number of carbonyl (C=O) groups excluding carboxylic acids is 1. The van der Waals surface area contributed by atoms with Gasteiger partial charge in [0.15, 0.2) is 0 Å². The Morgan fingerprint density at radius 2 is 2.12 bits per heavy atom. The van der Waals surface area contributed by atoms with Gasteiger partial charge in [0.1, 0.15) is 5.88 Å². The molecule has 92 valence electrons. The Labute approximate surface area is 107 Å². The van der Waals surface area contributed by atoms with Crippen molar-refractivity contribution in [2.24, 2.45) is 5.73 Å². The monoisotopic (exact) mass is 252 g/mol. The van der Waals surface area contributed by atoms with Crippen LogP contribution >= 0.6 is 11.6 Å². The molecule has 1 aliphatic heterocycles. The summed E-state index contributed by atoms with van der Waals surface area (Å²) < 4.78 is 0. The van der Waals surface area contributed by atoms with Gasteiger partial charge in [0, 0.05) is 25.0 Å². The normalized spacial score (nSPS) is 24.7. The van der Waals surface area contributed by atoms with Crippen molar-refractivity contribution >= 4 is 17.5 Å². The van der Waals surface area contributed by atoms with E-state index in [1.165, 1.54) is 5.56 Å². The first kappa shape index (κ1) is 12.4. The van der Waals surface area contributed by atoms with E-state index in [0.29, 0.717) is 12.5 Å². The van der Waals surface area contributed by atoms with Crippen molar-refractivity contribution in [2.45, 2.75) is 18.4 Å². The van der Waals surface area contributed by atoms with Crippen molar-refractivity contribution in [1.29, 1.82) is 0 Å². The zero-order chi connectivity index (χ0) is 12.3. The number of hydrogen-bond acceptors (Lipinski definition) is 2. The van der Waals surface area contributed by atoms with Crippen molar-refractivity contribution in [3.05, 3.63) is 35.9 Å². The molecule has 4 heteroatoms. The number of hydrogen-bond donors (Lipinski definition) is 1. The number of alkyl halides is 1. The van der Waals surface area contributed by atoms with Crippen LogP contribution in [-0.4, -0.2) is 35.8 Å². The molecule has 3 nitrogen and oxygen atoms in total. The lowest BCUT2D eigenvalue weighted by Gasteiger charge is -2.36. The minimum absolute atomic E-state index is 0.00156. The molecule has 1 aromatic carbocycles. The van der Waals surface area contributed by atoms with E-state index in [0.717, 1.165) is 13.0 Å². The van der Waals surface area contributed by atoms with Crippen molar-refractivity contribution in [1.82, 2.24) is 4.90 Å². The first-order valence-corrected chi connectivity index (χ1v) is 6.40. The number of benzene rings is 1. The number of amides is 1. The average molecular weight is 253 g/mol. The standard InChI is InChI=1S/C13H17ClN2O/c14-8-13(17)16-7-6-11(12(15)9-16)10-4-2-1-3-5-10/h1-5,11-12H,6-9,15H2. The lowest BCUT2D eigenvalue weighted by molar-refractivity contribution is -0.129. The predicted molar refractivity (Wildman–Crippen MR) is 69.1 cm³/mol. The van der Waals surface area contributed by atoms with Gasteiger partial charge >= 0.3 is 0 Å². The molecule has 1 saturated heterocycles. The van der Waals surface area contributed by atoms with Crippen LogP contribution in [0.5, 0.6) is 0 Å². The SMILES string of the molecule is NC1CN(C(=O)CCl)CCC1c1ccccc1. The molecule has 2 unspecified atom stereocenters. The molecule has 0 radical (unpaired) electrons. The minimum Gasteiger partial charge on any atom is -0.340 e. The second-order valence-electron chi connectivity index (χ2n) is 4.44. The summed E-state index contributed by atoms with van der Waals surface area (Å²) in [6.45, 7) is 1.35. The molecule has 0 saturated carbocycles. The molecule has 0 bridgehead atoms. The Morgan fingerprint density at radius 3 is 2.71 bits per heavy atom. The van der Waals surface area contributed by atoms with Gasteiger partial charge in [0.05, 0.1) is 0 Å². The van der Waals surface area contributed by atoms with E-state index in [1.807, 2.05) is 18.2 Å². The molecule has 1 fully saturated rings. The van der Waals surface area contributed by atoms with E-state index < -0.39 is 0 Å². The summed E-state index contributed by atoms with van der Waals surface area (Å²) in [5.41, 5.74) is 7.42. The second-order valence-corrected chi connectivity index (χ2v) is 4.71. The maximum atomic E-state index is 11.5. The molecule has 2 atom stereocenters. The van der Waals surface area contributed by atoms with Gasteiger partial charge in [-0.05, 0) is 12.0 Å². The summed E-state index contributed by atoms with van der Waals surface area (Å²) in [6, 6.07) is 10.3. The number of likely N-dealkylation sites (tertiary alicyclic amines) is 1. The first-order chi connectivity index (χ1) is 8.22. The summed E-state index contributed by atoms with van der Waals surface area (Å²) >= 11 is 5.55. The summed E-state index contributed by atoms with van der Waals surface area (Å²) in [4.78, 5) is 13.3. The zero-order valence-electron chi connectivity index (χ0n) is 9.68. The smallest absolute Gasteiger partial charge is 0.237 e. The highest BCUT2D eigenvalue weighted by molar-refractivity contribution is 6.27. The van der Waals surface area contributed by atoms with Gasteiger partial charge in [-0.1, -0.05) is 30.3 Å². The van der Waals surface area contributed by atoms with Crippen LogP contribution < -0.4 is 5.73 Å². The third-order valence-electron chi connectivity index (χ3n) is 3.35. The van der Waals surface area contributed by atoms with E-state index >= 15 is 0 Å². The van der Waals surface area contributed by atoms with Crippen LogP contribution in [0.3, 0.4) is 0 Å². The highest BCUT2D eigenvalue weighted by atomic mass is 35.5. The van der Waals surface area contributed by atoms with Crippen LogP contribution in [0.15, 0.2) is 30.3 Å². The van der Waals surface area contributed by atoms with E-state index in [4.69, 9.17) is 17.3 Å². The molecule has 0 aromatic heterocycles. The van der Waals surface area contributed by atoms with Crippen molar-refractivity contribution < 1.29 is 4.79 Å². The van der Waals surface area contributed by atoms with Crippen LogP contribution in [0.2, 0.25) is 0 Å². The summed E-state index contributed by atoms with van der Waals surface area (Å²) in [5, 5.41) is 0. The maximum absolute atomic E-state index is 11.5. The highest BCUT2D eigenvalue weighted by Gasteiger charge is 2.29. The Balaban J connectivity index is 2.04. The summed E-state index contributed by atoms with van der Waals surface area (Å²) in [7, 11) is 0. The molecule has 1 aromatic rings. The number of rotatable bonds is 2. The predicted octanol–water partition coefficient (Wildman–Crippen LogP) is 1.57. The molecule has 0 aliphatic carbocycles. The number of nitrogens with zero attached hydrogens (tertiary/aromatic N) is 1. The van der Waals surface area contributed by atoms with Crippen LogP contribution in [0.4, 0.5) is 0 Å². The summed E-state index contributed by atoms with van der Waals surface area (Å²) in [5.74, 6) is 0.368. The van der Waals surface area contributed by atoms with Gasteiger partial charge in [-0.3, -0.25) is 4.79 Å². The fraction of sp³-hybridized carbons (Fsp3) is 0.462. The van der Waals surface area contributed by atoms with Gasteiger partial charge in [-0.15, -0.1) is 11.6 Å². The molecular weight excluding hydrogens is 236 g/mol. The Kier molecular flexibility index (Phi) is 4.02. The highest BCUT2D eigenvalue weighted by Crippen LogP contribution is 2.27. The lowest BCUT2D eigenvalue weighted by atomic mass is 9.86. The number of nitrogens with two attached hydrogens (primary N) is 1. The van der Waals surface area contributed by atoms with Crippen molar-refractivity contribution in [3.63, 3.8) is 0 Å². The van der Waals surface area contributed by atoms with Gasteiger partial charge in [0.25, 0.3) is 0 Å². The van der Waals surface area contributed by atoms with E-state index in [1.54, 1.807) is 4.90 Å². The molecule has 1 amide bonds. The van der Waals surface area contributed by atoms with E-state index in [9.17, 15) is 4.79 Å². The molecule has 2 rings (SSSR count). The first-order valence-electron chi connectivity index (χ1n) is 5.86. The molecule has 1 aliphatic rings. The average Bonchev–Trinajstić information content (AvgIpc) is 2.38. The fourth-order valence-corrected chi connectivity index (χ4v) is 2.58. The minimum atomic E-state index is -0.0198. The summed E-state index contributed by atoms with van der Waals surface area (Å²) in [6.07, 6.45) is 0.911. The topological polar surface area (TPSA) is 46.3 Å². The molecular formula is C13H17ClN2O. The maximum Gasteiger partial charge on any atom is 0.237 e. The third kappa shape index (κ3) is 2.79. The van der Waals surface area contributed by atoms with E-state index in [2.05, 4.69) is 12.1 Å². The Morgan fingerprint density at radius 1 is 1.41 bits per heavy atom. The number of halogens is 1. The largest absolute Gasteiger partial charge is 0.340 e. The Hall–Kier alpha value is -1.06. The van der Waals surface area contributed by atoms with Gasteiger partial charge in [-0.25, -0.2) is 0 Å².